The first-order chi connectivity index (χ1) is 6.46. The van der Waals surface area contributed by atoms with Crippen molar-refractivity contribution in [3.8, 4) is 0 Å². The van der Waals surface area contributed by atoms with Gasteiger partial charge in [-0.1, -0.05) is 6.07 Å². The summed E-state index contributed by atoms with van der Waals surface area (Å²) in [6, 6.07) is 5.26. The predicted molar refractivity (Wildman–Crippen MR) is 55.3 cm³/mol. The van der Waals surface area contributed by atoms with Gasteiger partial charge in [0, 0.05) is 20.3 Å². The van der Waals surface area contributed by atoms with Crippen LogP contribution in [0, 0.1) is 0 Å². The Morgan fingerprint density at radius 3 is 2.43 bits per heavy atom. The molecule has 0 radical (unpaired) electrons. The molecule has 0 aliphatic carbocycles. The molecular weight excluding hydrogens is 200 g/mol. The van der Waals surface area contributed by atoms with E-state index < -0.39 is 15.3 Å². The zero-order valence-corrected chi connectivity index (χ0v) is 9.32. The van der Waals surface area contributed by atoms with Crippen molar-refractivity contribution in [2.45, 2.75) is 12.2 Å². The summed E-state index contributed by atoms with van der Waals surface area (Å²) < 4.78 is 24.6. The summed E-state index contributed by atoms with van der Waals surface area (Å²) in [5.74, 6) is 0. The van der Waals surface area contributed by atoms with Gasteiger partial charge in [-0.05, 0) is 19.1 Å². The molecule has 0 aliphatic rings. The van der Waals surface area contributed by atoms with Gasteiger partial charge in [0.2, 0.25) is 10.0 Å². The fraction of sp³-hybridized carbons (Fsp3) is 0.444. The molecule has 1 rings (SSSR count). The highest BCUT2D eigenvalue weighted by Crippen LogP contribution is 2.20. The Hall–Kier alpha value is -0.940. The van der Waals surface area contributed by atoms with Crippen LogP contribution >= 0.6 is 0 Å². The molecule has 0 saturated heterocycles. The number of hydrogen-bond donors (Lipinski definition) is 0. The van der Waals surface area contributed by atoms with E-state index in [4.69, 9.17) is 0 Å². The van der Waals surface area contributed by atoms with Crippen molar-refractivity contribution < 1.29 is 8.42 Å². The van der Waals surface area contributed by atoms with Crippen molar-refractivity contribution in [2.75, 3.05) is 14.1 Å². The second-order valence-corrected chi connectivity index (χ2v) is 5.69. The monoisotopic (exact) mass is 214 g/mol. The van der Waals surface area contributed by atoms with E-state index in [1.54, 1.807) is 31.3 Å². The summed E-state index contributed by atoms with van der Waals surface area (Å²) in [6.07, 6.45) is 1.59. The van der Waals surface area contributed by atoms with Crippen LogP contribution in [0.4, 0.5) is 0 Å². The lowest BCUT2D eigenvalue weighted by Crippen LogP contribution is -2.27. The van der Waals surface area contributed by atoms with Crippen LogP contribution in [0.15, 0.2) is 24.4 Å². The van der Waals surface area contributed by atoms with Crippen LogP contribution in [0.25, 0.3) is 0 Å². The Kier molecular flexibility index (Phi) is 3.23. The van der Waals surface area contributed by atoms with Gasteiger partial charge in [0.15, 0.2) is 0 Å². The lowest BCUT2D eigenvalue weighted by atomic mass is 10.3. The second-order valence-electron chi connectivity index (χ2n) is 3.22. The molecule has 1 aromatic rings. The maximum absolute atomic E-state index is 11.7. The van der Waals surface area contributed by atoms with E-state index in [-0.39, 0.29) is 0 Å². The van der Waals surface area contributed by atoms with Crippen LogP contribution in [0.1, 0.15) is 17.9 Å². The Morgan fingerprint density at radius 1 is 1.36 bits per heavy atom. The van der Waals surface area contributed by atoms with Gasteiger partial charge in [-0.25, -0.2) is 12.7 Å². The van der Waals surface area contributed by atoms with Crippen LogP contribution in [-0.2, 0) is 10.0 Å². The Labute approximate surface area is 84.6 Å². The molecular formula is C9H14N2O2S. The van der Waals surface area contributed by atoms with Gasteiger partial charge in [0.25, 0.3) is 0 Å². The molecule has 4 nitrogen and oxygen atoms in total. The average Bonchev–Trinajstić information content (AvgIpc) is 2.17. The van der Waals surface area contributed by atoms with Crippen molar-refractivity contribution in [3.63, 3.8) is 0 Å². The van der Waals surface area contributed by atoms with Gasteiger partial charge in [0.1, 0.15) is 5.25 Å². The Morgan fingerprint density at radius 2 is 2.00 bits per heavy atom. The summed E-state index contributed by atoms with van der Waals surface area (Å²) in [7, 11) is -0.214. The molecule has 78 valence electrons. The van der Waals surface area contributed by atoms with Crippen LogP contribution < -0.4 is 0 Å². The Bertz CT molecular complexity index is 387. The SMILES string of the molecule is C[C@@H](c1ccccn1)S(=O)(=O)N(C)C. The number of pyridine rings is 1. The van der Waals surface area contributed by atoms with E-state index in [1.165, 1.54) is 18.4 Å². The summed E-state index contributed by atoms with van der Waals surface area (Å²) >= 11 is 0. The standard InChI is InChI=1S/C9H14N2O2S/c1-8(14(12,13)11(2)3)9-6-4-5-7-10-9/h4-8H,1-3H3/t8-/m0/s1. The predicted octanol–water partition coefficient (Wildman–Crippen LogP) is 1.03. The van der Waals surface area contributed by atoms with E-state index in [1.807, 2.05) is 0 Å². The van der Waals surface area contributed by atoms with Crippen molar-refractivity contribution in [1.29, 1.82) is 0 Å². The molecule has 0 fully saturated rings. The third-order valence-corrected chi connectivity index (χ3v) is 4.21. The maximum Gasteiger partial charge on any atom is 0.221 e. The minimum atomic E-state index is -3.26. The third-order valence-electron chi connectivity index (χ3n) is 2.06. The molecule has 0 aromatic carbocycles. The molecule has 0 spiro atoms. The summed E-state index contributed by atoms with van der Waals surface area (Å²) in [6.45, 7) is 1.64. The van der Waals surface area contributed by atoms with E-state index in [9.17, 15) is 8.42 Å². The van der Waals surface area contributed by atoms with E-state index >= 15 is 0 Å². The summed E-state index contributed by atoms with van der Waals surface area (Å²) in [5, 5.41) is -0.598. The second kappa shape index (κ2) is 4.06. The van der Waals surface area contributed by atoms with Gasteiger partial charge >= 0.3 is 0 Å². The van der Waals surface area contributed by atoms with E-state index in [0.717, 1.165) is 0 Å². The number of aromatic nitrogens is 1. The van der Waals surface area contributed by atoms with Crippen LogP contribution in [0.2, 0.25) is 0 Å². The average molecular weight is 214 g/mol. The van der Waals surface area contributed by atoms with Gasteiger partial charge in [-0.15, -0.1) is 0 Å². The minimum Gasteiger partial charge on any atom is -0.260 e. The smallest absolute Gasteiger partial charge is 0.221 e. The van der Waals surface area contributed by atoms with Crippen LogP contribution in [0.3, 0.4) is 0 Å². The number of rotatable bonds is 3. The first-order valence-electron chi connectivity index (χ1n) is 4.28. The van der Waals surface area contributed by atoms with Crippen molar-refractivity contribution in [1.82, 2.24) is 9.29 Å². The molecule has 0 amide bonds. The van der Waals surface area contributed by atoms with Gasteiger partial charge in [-0.2, -0.15) is 0 Å². The first-order valence-corrected chi connectivity index (χ1v) is 5.79. The van der Waals surface area contributed by atoms with Crippen molar-refractivity contribution in [3.05, 3.63) is 30.1 Å². The molecule has 0 bridgehead atoms. The largest absolute Gasteiger partial charge is 0.260 e. The molecule has 1 atom stereocenters. The quantitative estimate of drug-likeness (QED) is 0.755. The number of nitrogens with zero attached hydrogens (tertiary/aromatic N) is 2. The van der Waals surface area contributed by atoms with Gasteiger partial charge < -0.3 is 0 Å². The molecule has 0 unspecified atom stereocenters. The lowest BCUT2D eigenvalue weighted by molar-refractivity contribution is 0.509. The highest BCUT2D eigenvalue weighted by molar-refractivity contribution is 7.89. The fourth-order valence-electron chi connectivity index (χ4n) is 1.09. The lowest BCUT2D eigenvalue weighted by Gasteiger charge is -2.17. The summed E-state index contributed by atoms with van der Waals surface area (Å²) in [5.41, 5.74) is 0.571. The Balaban J connectivity index is 3.03. The number of hydrogen-bond acceptors (Lipinski definition) is 3. The van der Waals surface area contributed by atoms with Crippen LogP contribution in [-0.4, -0.2) is 31.8 Å². The zero-order chi connectivity index (χ0) is 10.8. The van der Waals surface area contributed by atoms with E-state index in [2.05, 4.69) is 4.98 Å². The molecule has 0 saturated carbocycles. The molecule has 0 aliphatic heterocycles. The minimum absolute atomic E-state index is 0.571. The summed E-state index contributed by atoms with van der Waals surface area (Å²) in [4.78, 5) is 4.02. The normalized spacial score (nSPS) is 14.3. The topological polar surface area (TPSA) is 50.3 Å². The van der Waals surface area contributed by atoms with E-state index in [0.29, 0.717) is 5.69 Å². The zero-order valence-electron chi connectivity index (χ0n) is 8.51. The molecule has 0 N–H and O–H groups in total. The fourth-order valence-corrected chi connectivity index (χ4v) is 2.16. The number of sulfonamides is 1. The molecule has 14 heavy (non-hydrogen) atoms. The third kappa shape index (κ3) is 2.10. The molecule has 5 heteroatoms. The van der Waals surface area contributed by atoms with Gasteiger partial charge in [-0.3, -0.25) is 4.98 Å². The molecule has 1 heterocycles. The highest BCUT2D eigenvalue weighted by Gasteiger charge is 2.25. The van der Waals surface area contributed by atoms with Gasteiger partial charge in [0.05, 0.1) is 5.69 Å². The first kappa shape index (κ1) is 11.1. The highest BCUT2D eigenvalue weighted by atomic mass is 32.2. The van der Waals surface area contributed by atoms with Crippen LogP contribution in [0.5, 0.6) is 0 Å². The maximum atomic E-state index is 11.7. The molecule has 1 aromatic heterocycles. The van der Waals surface area contributed by atoms with Crippen molar-refractivity contribution in [2.24, 2.45) is 0 Å². The van der Waals surface area contributed by atoms with Crippen molar-refractivity contribution >= 4 is 10.0 Å².